The maximum atomic E-state index is 10.1. The van der Waals surface area contributed by atoms with E-state index in [1.807, 2.05) is 6.08 Å². The monoisotopic (exact) mass is 166 g/mol. The van der Waals surface area contributed by atoms with E-state index in [1.165, 1.54) is 5.57 Å². The molecule has 1 unspecified atom stereocenters. The van der Waals surface area contributed by atoms with Crippen LogP contribution in [-0.4, -0.2) is 6.29 Å². The molecule has 0 amide bonds. The average molecular weight is 166 g/mol. The fraction of sp³-hybridized carbons (Fsp3) is 0.545. The number of carbonyl (C=O) groups excluding carboxylic acids is 1. The minimum Gasteiger partial charge on any atom is -0.303 e. The molecular weight excluding hydrogens is 148 g/mol. The molecule has 0 aliphatic heterocycles. The van der Waals surface area contributed by atoms with Gasteiger partial charge in [0.25, 0.3) is 0 Å². The Hall–Kier alpha value is -0.850. The average Bonchev–Trinajstić information content (AvgIpc) is 2.10. The Morgan fingerprint density at radius 3 is 2.67 bits per heavy atom. The summed E-state index contributed by atoms with van der Waals surface area (Å²) in [6.07, 6.45) is 8.86. The highest BCUT2D eigenvalue weighted by Crippen LogP contribution is 2.11. The normalized spacial score (nSPS) is 15.1. The van der Waals surface area contributed by atoms with Crippen LogP contribution in [0.2, 0.25) is 0 Å². The first kappa shape index (κ1) is 11.2. The molecule has 1 heteroatoms. The Balaban J connectivity index is 3.98. The topological polar surface area (TPSA) is 17.1 Å². The summed E-state index contributed by atoms with van der Waals surface area (Å²) in [4.78, 5) is 10.1. The molecule has 0 bridgehead atoms. The maximum absolute atomic E-state index is 10.1. The number of allylic oxidation sites excluding steroid dienone is 4. The van der Waals surface area contributed by atoms with Crippen molar-refractivity contribution in [1.82, 2.24) is 0 Å². The first-order chi connectivity index (χ1) is 5.72. The highest BCUT2D eigenvalue weighted by atomic mass is 16.1. The SMILES string of the molecule is CCC=CC(C)C(C)=CCC=O. The molecule has 1 nitrogen and oxygen atoms in total. The van der Waals surface area contributed by atoms with Crippen molar-refractivity contribution in [2.75, 3.05) is 0 Å². The zero-order valence-corrected chi connectivity index (χ0v) is 8.21. The van der Waals surface area contributed by atoms with Crippen LogP contribution in [0.15, 0.2) is 23.8 Å². The summed E-state index contributed by atoms with van der Waals surface area (Å²) in [6, 6.07) is 0. The predicted molar refractivity (Wildman–Crippen MR) is 53.0 cm³/mol. The summed E-state index contributed by atoms with van der Waals surface area (Å²) >= 11 is 0. The van der Waals surface area contributed by atoms with Gasteiger partial charge in [-0.3, -0.25) is 0 Å². The molecule has 0 saturated carbocycles. The Morgan fingerprint density at radius 1 is 1.50 bits per heavy atom. The molecule has 0 aliphatic rings. The van der Waals surface area contributed by atoms with Crippen molar-refractivity contribution in [3.63, 3.8) is 0 Å². The molecular formula is C11H18O. The van der Waals surface area contributed by atoms with Gasteiger partial charge in [-0.1, -0.05) is 37.6 Å². The molecule has 0 aliphatic carbocycles. The third-order valence-corrected chi connectivity index (χ3v) is 1.91. The lowest BCUT2D eigenvalue weighted by Gasteiger charge is -2.05. The molecule has 0 N–H and O–H groups in total. The van der Waals surface area contributed by atoms with Crippen molar-refractivity contribution in [2.45, 2.75) is 33.6 Å². The Kier molecular flexibility index (Phi) is 6.35. The molecule has 0 spiro atoms. The van der Waals surface area contributed by atoms with Crippen LogP contribution in [0.5, 0.6) is 0 Å². The summed E-state index contributed by atoms with van der Waals surface area (Å²) in [5.41, 5.74) is 1.27. The number of carbonyl (C=O) groups is 1. The van der Waals surface area contributed by atoms with Gasteiger partial charge in [0.1, 0.15) is 6.29 Å². The molecule has 0 fully saturated rings. The zero-order chi connectivity index (χ0) is 9.40. The number of hydrogen-bond donors (Lipinski definition) is 0. The van der Waals surface area contributed by atoms with E-state index >= 15 is 0 Å². The van der Waals surface area contributed by atoms with Gasteiger partial charge in [-0.05, 0) is 19.3 Å². The Morgan fingerprint density at radius 2 is 2.17 bits per heavy atom. The highest BCUT2D eigenvalue weighted by molar-refractivity contribution is 5.52. The van der Waals surface area contributed by atoms with E-state index in [0.29, 0.717) is 12.3 Å². The van der Waals surface area contributed by atoms with Crippen molar-refractivity contribution in [3.05, 3.63) is 23.8 Å². The minimum absolute atomic E-state index is 0.463. The molecule has 12 heavy (non-hydrogen) atoms. The smallest absolute Gasteiger partial charge is 0.123 e. The molecule has 0 rings (SSSR count). The van der Waals surface area contributed by atoms with Gasteiger partial charge in [-0.2, -0.15) is 0 Å². The van der Waals surface area contributed by atoms with Gasteiger partial charge in [-0.15, -0.1) is 0 Å². The largest absolute Gasteiger partial charge is 0.303 e. The lowest BCUT2D eigenvalue weighted by Crippen LogP contribution is -1.91. The van der Waals surface area contributed by atoms with Crippen molar-refractivity contribution < 1.29 is 4.79 Å². The van der Waals surface area contributed by atoms with Crippen LogP contribution in [0.4, 0.5) is 0 Å². The molecule has 0 radical (unpaired) electrons. The summed E-state index contributed by atoms with van der Waals surface area (Å²) < 4.78 is 0. The van der Waals surface area contributed by atoms with E-state index in [1.54, 1.807) is 0 Å². The van der Waals surface area contributed by atoms with Crippen LogP contribution in [0.3, 0.4) is 0 Å². The lowest BCUT2D eigenvalue weighted by atomic mass is 10.0. The molecule has 0 saturated heterocycles. The van der Waals surface area contributed by atoms with E-state index in [9.17, 15) is 4.79 Å². The standard InChI is InChI=1S/C11H18O/c1-4-5-7-10(2)11(3)8-6-9-12/h5,7-10H,4,6H2,1-3H3. The molecule has 0 aromatic heterocycles. The minimum atomic E-state index is 0.463. The van der Waals surface area contributed by atoms with E-state index in [0.717, 1.165) is 12.7 Å². The Bertz CT molecular complexity index is 177. The molecule has 0 heterocycles. The lowest BCUT2D eigenvalue weighted by molar-refractivity contribution is -0.107. The third-order valence-electron chi connectivity index (χ3n) is 1.91. The van der Waals surface area contributed by atoms with Crippen LogP contribution >= 0.6 is 0 Å². The fourth-order valence-electron chi connectivity index (χ4n) is 0.912. The molecule has 68 valence electrons. The van der Waals surface area contributed by atoms with Gasteiger partial charge in [0.05, 0.1) is 0 Å². The van der Waals surface area contributed by atoms with Crippen molar-refractivity contribution in [1.29, 1.82) is 0 Å². The van der Waals surface area contributed by atoms with E-state index in [4.69, 9.17) is 0 Å². The summed E-state index contributed by atoms with van der Waals surface area (Å²) in [5, 5.41) is 0. The van der Waals surface area contributed by atoms with Gasteiger partial charge in [0, 0.05) is 6.42 Å². The van der Waals surface area contributed by atoms with Gasteiger partial charge in [0.15, 0.2) is 0 Å². The second-order valence-corrected chi connectivity index (χ2v) is 2.98. The highest BCUT2D eigenvalue weighted by Gasteiger charge is 1.97. The maximum Gasteiger partial charge on any atom is 0.123 e. The van der Waals surface area contributed by atoms with E-state index < -0.39 is 0 Å². The fourth-order valence-corrected chi connectivity index (χ4v) is 0.912. The first-order valence-corrected chi connectivity index (χ1v) is 4.49. The second-order valence-electron chi connectivity index (χ2n) is 2.98. The summed E-state index contributed by atoms with van der Waals surface area (Å²) in [7, 11) is 0. The van der Waals surface area contributed by atoms with E-state index in [-0.39, 0.29) is 0 Å². The van der Waals surface area contributed by atoms with Crippen LogP contribution in [0.1, 0.15) is 33.6 Å². The van der Waals surface area contributed by atoms with Gasteiger partial charge >= 0.3 is 0 Å². The van der Waals surface area contributed by atoms with Crippen molar-refractivity contribution in [2.24, 2.45) is 5.92 Å². The molecule has 0 aromatic carbocycles. The second kappa shape index (κ2) is 6.84. The van der Waals surface area contributed by atoms with Gasteiger partial charge in [0.2, 0.25) is 0 Å². The van der Waals surface area contributed by atoms with E-state index in [2.05, 4.69) is 32.9 Å². The van der Waals surface area contributed by atoms with Crippen LogP contribution in [-0.2, 0) is 4.79 Å². The summed E-state index contributed by atoms with van der Waals surface area (Å²) in [6.45, 7) is 6.32. The van der Waals surface area contributed by atoms with Crippen molar-refractivity contribution >= 4 is 6.29 Å². The van der Waals surface area contributed by atoms with Crippen LogP contribution < -0.4 is 0 Å². The van der Waals surface area contributed by atoms with Gasteiger partial charge < -0.3 is 4.79 Å². The third kappa shape index (κ3) is 4.89. The van der Waals surface area contributed by atoms with Crippen molar-refractivity contribution in [3.8, 4) is 0 Å². The molecule has 1 atom stereocenters. The quantitative estimate of drug-likeness (QED) is 0.453. The first-order valence-electron chi connectivity index (χ1n) is 4.49. The van der Waals surface area contributed by atoms with Crippen LogP contribution in [0, 0.1) is 5.92 Å². The number of rotatable bonds is 5. The summed E-state index contributed by atoms with van der Waals surface area (Å²) in [5.74, 6) is 0.463. The number of hydrogen-bond acceptors (Lipinski definition) is 1. The number of aldehydes is 1. The van der Waals surface area contributed by atoms with Gasteiger partial charge in [-0.25, -0.2) is 0 Å². The predicted octanol–water partition coefficient (Wildman–Crippen LogP) is 3.12. The molecule has 0 aromatic rings. The van der Waals surface area contributed by atoms with Crippen LogP contribution in [0.25, 0.3) is 0 Å². The Labute approximate surface area is 75.2 Å². The zero-order valence-electron chi connectivity index (χ0n) is 8.21.